The average molecular weight is 607 g/mol. The van der Waals surface area contributed by atoms with E-state index in [1.54, 1.807) is 0 Å². The molecule has 1 atom stereocenters. The number of anilines is 1. The Bertz CT molecular complexity index is 1810. The lowest BCUT2D eigenvalue weighted by molar-refractivity contribution is -0.120. The summed E-state index contributed by atoms with van der Waals surface area (Å²) >= 11 is 0. The maximum atomic E-state index is 12.6. The molecule has 1 aliphatic carbocycles. The molecule has 1 heterocycles. The Morgan fingerprint density at radius 2 is 1.70 bits per heavy atom. The number of unbranched alkanes of at least 4 members (excludes halogenated alkanes) is 3. The normalized spacial score (nSPS) is 13.9. The van der Waals surface area contributed by atoms with Gasteiger partial charge < -0.3 is 15.6 Å². The summed E-state index contributed by atoms with van der Waals surface area (Å²) in [5.41, 5.74) is 8.98. The molecule has 0 aliphatic heterocycles. The fourth-order valence-electron chi connectivity index (χ4n) is 6.08. The first-order chi connectivity index (χ1) is 21.3. The number of aryl methyl sites for hydroxylation is 2. The number of hydrogen-bond donors (Lipinski definition) is 3. The van der Waals surface area contributed by atoms with Crippen LogP contribution in [0.25, 0.3) is 32.8 Å². The van der Waals surface area contributed by atoms with E-state index in [0.717, 1.165) is 93.1 Å². The van der Waals surface area contributed by atoms with Crippen LogP contribution in [0, 0.1) is 25.2 Å². The monoisotopic (exact) mass is 606 g/mol. The summed E-state index contributed by atoms with van der Waals surface area (Å²) in [6, 6.07) is 18.7. The Morgan fingerprint density at radius 3 is 2.41 bits per heavy atom. The number of hydrogen-bond acceptors (Lipinski definition) is 4. The molecule has 1 amide bonds. The third kappa shape index (κ3) is 6.79. The zero-order valence-corrected chi connectivity index (χ0v) is 27.6. The molecule has 0 saturated carbocycles. The molecule has 0 fully saturated rings. The van der Waals surface area contributed by atoms with Crippen LogP contribution in [0.5, 0.6) is 0 Å². The lowest BCUT2D eigenvalue weighted by Crippen LogP contribution is -2.26. The number of rotatable bonds is 11. The number of H-pyrrole nitrogens is 1. The molecule has 228 valence electrons. The van der Waals surface area contributed by atoms with Crippen LogP contribution in [-0.4, -0.2) is 29.5 Å². The van der Waals surface area contributed by atoms with E-state index in [4.69, 9.17) is 0 Å². The van der Waals surface area contributed by atoms with Crippen LogP contribution in [0.4, 0.5) is 5.69 Å². The van der Waals surface area contributed by atoms with Gasteiger partial charge in [0.25, 0.3) is 0 Å². The van der Waals surface area contributed by atoms with Crippen molar-refractivity contribution in [3.63, 3.8) is 0 Å². The van der Waals surface area contributed by atoms with Crippen molar-refractivity contribution in [3.05, 3.63) is 88.1 Å². The van der Waals surface area contributed by atoms with Crippen molar-refractivity contribution in [2.75, 3.05) is 18.4 Å². The molecule has 5 rings (SSSR count). The number of allylic oxidation sites excluding steroid dienone is 4. The van der Waals surface area contributed by atoms with E-state index in [2.05, 4.69) is 74.2 Å². The summed E-state index contributed by atoms with van der Waals surface area (Å²) in [7, 11) is 2.14. The highest BCUT2D eigenvalue weighted by Crippen LogP contribution is 2.48. The Kier molecular flexibility index (Phi) is 11.1. The maximum absolute atomic E-state index is 12.6. The van der Waals surface area contributed by atoms with E-state index in [9.17, 15) is 14.9 Å². The third-order valence-electron chi connectivity index (χ3n) is 8.12. The molecule has 4 aromatic rings. The number of amides is 1. The summed E-state index contributed by atoms with van der Waals surface area (Å²) in [6.07, 6.45) is 6.48. The van der Waals surface area contributed by atoms with Crippen LogP contribution in [-0.2, 0) is 16.0 Å². The fourth-order valence-corrected chi connectivity index (χ4v) is 6.29. The van der Waals surface area contributed by atoms with Crippen LogP contribution in [0.1, 0.15) is 74.4 Å². The van der Waals surface area contributed by atoms with Crippen molar-refractivity contribution in [2.24, 2.45) is 0 Å². The highest BCUT2D eigenvalue weighted by atomic mass is 31.0. The number of carbonyl (C=O) groups is 2. The number of benzene rings is 3. The van der Waals surface area contributed by atoms with Gasteiger partial charge in [0.1, 0.15) is 11.6 Å². The highest BCUT2D eigenvalue weighted by molar-refractivity contribution is 7.41. The topological polar surface area (TPSA) is 97.8 Å². The maximum Gasteiger partial charge on any atom is 0.224 e. The molecule has 0 radical (unpaired) electrons. The molecule has 1 unspecified atom stereocenters. The molecular formula is C37H43N4O2P. The van der Waals surface area contributed by atoms with Gasteiger partial charge in [0, 0.05) is 46.3 Å². The number of nitrogens with one attached hydrogen (secondary N) is 3. The van der Waals surface area contributed by atoms with Crippen LogP contribution in [0.2, 0.25) is 0 Å². The van der Waals surface area contributed by atoms with Crippen LogP contribution in [0.3, 0.4) is 0 Å². The zero-order chi connectivity index (χ0) is 31.8. The second-order valence-corrected chi connectivity index (χ2v) is 11.5. The Balaban J connectivity index is 0.00000216. The van der Waals surface area contributed by atoms with Gasteiger partial charge in [0.05, 0.1) is 6.42 Å². The minimum absolute atomic E-state index is 0.0669. The van der Waals surface area contributed by atoms with Crippen molar-refractivity contribution in [2.45, 2.75) is 66.7 Å². The smallest absolute Gasteiger partial charge is 0.224 e. The number of fused-ring (bicyclic) bond motifs is 1. The van der Waals surface area contributed by atoms with Crippen LogP contribution in [0.15, 0.2) is 60.2 Å². The molecule has 44 heavy (non-hydrogen) atoms. The Hall–Kier alpha value is -4.20. The van der Waals surface area contributed by atoms with E-state index < -0.39 is 0 Å². The SMILES string of the molecule is C/C=C1/C(=C(/C#N)C(=O)P)c2cccc3c(NCCCCCCNC(=O)Cc4c(C)[nH]c5ccc(C)cc45)ccc1c23.CC. The predicted octanol–water partition coefficient (Wildman–Crippen LogP) is 8.39. The van der Waals surface area contributed by atoms with Crippen molar-refractivity contribution in [1.29, 1.82) is 5.26 Å². The van der Waals surface area contributed by atoms with Crippen molar-refractivity contribution in [3.8, 4) is 6.07 Å². The van der Waals surface area contributed by atoms with E-state index in [1.165, 1.54) is 5.56 Å². The summed E-state index contributed by atoms with van der Waals surface area (Å²) in [5.74, 6) is 0.0669. The minimum Gasteiger partial charge on any atom is -0.385 e. The summed E-state index contributed by atoms with van der Waals surface area (Å²) < 4.78 is 0. The van der Waals surface area contributed by atoms with Gasteiger partial charge in [0.15, 0.2) is 5.52 Å². The number of carbonyl (C=O) groups excluding carboxylic acids is 2. The molecule has 6 nitrogen and oxygen atoms in total. The first-order valence-electron chi connectivity index (χ1n) is 15.6. The van der Waals surface area contributed by atoms with Gasteiger partial charge in [-0.2, -0.15) is 5.26 Å². The molecule has 3 N–H and O–H groups in total. The van der Waals surface area contributed by atoms with Crippen molar-refractivity contribution >= 4 is 59.2 Å². The van der Waals surface area contributed by atoms with Crippen LogP contribution < -0.4 is 10.6 Å². The zero-order valence-electron chi connectivity index (χ0n) is 26.5. The Labute approximate surface area is 263 Å². The number of nitrogens with zero attached hydrogens (tertiary/aromatic N) is 1. The van der Waals surface area contributed by atoms with Crippen molar-refractivity contribution in [1.82, 2.24) is 10.3 Å². The van der Waals surface area contributed by atoms with Gasteiger partial charge in [-0.1, -0.05) is 77.9 Å². The molecule has 0 saturated heterocycles. The second-order valence-electron chi connectivity index (χ2n) is 11.0. The minimum atomic E-state index is -0.297. The molecular weight excluding hydrogens is 563 g/mol. The molecule has 3 aromatic carbocycles. The summed E-state index contributed by atoms with van der Waals surface area (Å²) in [5, 5.41) is 19.7. The molecule has 1 aliphatic rings. The van der Waals surface area contributed by atoms with E-state index in [-0.39, 0.29) is 17.0 Å². The molecule has 1 aromatic heterocycles. The average Bonchev–Trinajstić information content (AvgIpc) is 3.50. The fraction of sp³-hybridized carbons (Fsp3) is 0.324. The van der Waals surface area contributed by atoms with Gasteiger partial charge >= 0.3 is 0 Å². The molecule has 7 heteroatoms. The number of aromatic nitrogens is 1. The van der Waals surface area contributed by atoms with E-state index in [1.807, 2.05) is 45.9 Å². The number of aromatic amines is 1. The first kappa shape index (κ1) is 32.7. The van der Waals surface area contributed by atoms with Gasteiger partial charge in [-0.15, -0.1) is 0 Å². The van der Waals surface area contributed by atoms with Gasteiger partial charge in [-0.05, 0) is 79.5 Å². The first-order valence-corrected chi connectivity index (χ1v) is 16.2. The predicted molar refractivity (Wildman–Crippen MR) is 188 cm³/mol. The van der Waals surface area contributed by atoms with Crippen LogP contribution >= 0.6 is 9.24 Å². The largest absolute Gasteiger partial charge is 0.385 e. The molecule has 0 spiro atoms. The second kappa shape index (κ2) is 15.0. The van der Waals surface area contributed by atoms with Crippen molar-refractivity contribution < 1.29 is 9.59 Å². The van der Waals surface area contributed by atoms with E-state index in [0.29, 0.717) is 13.0 Å². The highest BCUT2D eigenvalue weighted by Gasteiger charge is 2.28. The lowest BCUT2D eigenvalue weighted by atomic mass is 9.98. The third-order valence-corrected chi connectivity index (χ3v) is 8.41. The van der Waals surface area contributed by atoms with Gasteiger partial charge in [0.2, 0.25) is 5.91 Å². The summed E-state index contributed by atoms with van der Waals surface area (Å²) in [6.45, 7) is 11.6. The standard InChI is InChI=1S/C35H37N4O2P.C2H6/c1-4-23-24-13-15-30(25-10-9-11-26(34(24)25)33(23)29(20-36)35(41)42)37-16-7-5-6-8-17-38-32(40)19-27-22(3)39-31-14-12-21(2)18-28(27)31;1-2/h4,9-15,18,37,39H,5-8,16-17,19,42H2,1-3H3,(H,38,40);1-2H3/b23-4+,33-29+;. The number of nitriles is 1. The Morgan fingerprint density at radius 1 is 0.955 bits per heavy atom. The quantitative estimate of drug-likeness (QED) is 0.0691. The molecule has 0 bridgehead atoms. The lowest BCUT2D eigenvalue weighted by Gasteiger charge is -2.11. The van der Waals surface area contributed by atoms with Gasteiger partial charge in [-0.25, -0.2) is 0 Å². The van der Waals surface area contributed by atoms with E-state index >= 15 is 0 Å². The summed E-state index contributed by atoms with van der Waals surface area (Å²) in [4.78, 5) is 28.2. The van der Waals surface area contributed by atoms with Gasteiger partial charge in [-0.3, -0.25) is 9.59 Å².